The minimum absolute atomic E-state index is 0.0251. The van der Waals surface area contributed by atoms with Crippen LogP contribution >= 0.6 is 0 Å². The zero-order valence-corrected chi connectivity index (χ0v) is 11.6. The van der Waals surface area contributed by atoms with Gasteiger partial charge >= 0.3 is 0 Å². The van der Waals surface area contributed by atoms with Crippen molar-refractivity contribution in [3.8, 4) is 0 Å². The number of carbonyl (C=O) groups is 1. The first kappa shape index (κ1) is 13.8. The second-order valence-corrected chi connectivity index (χ2v) is 5.82. The lowest BCUT2D eigenvalue weighted by atomic mass is 9.85. The lowest BCUT2D eigenvalue weighted by molar-refractivity contribution is -0.123. The molecule has 1 aliphatic heterocycles. The Morgan fingerprint density at radius 2 is 2.17 bits per heavy atom. The summed E-state index contributed by atoms with van der Waals surface area (Å²) in [6, 6.07) is 0.610. The number of amides is 1. The molecule has 2 aliphatic rings. The van der Waals surface area contributed by atoms with Crippen molar-refractivity contribution in [1.29, 1.82) is 0 Å². The molecule has 1 amide bonds. The summed E-state index contributed by atoms with van der Waals surface area (Å²) in [6.45, 7) is 5.23. The summed E-state index contributed by atoms with van der Waals surface area (Å²) >= 11 is 0. The lowest BCUT2D eigenvalue weighted by Crippen LogP contribution is -2.44. The lowest BCUT2D eigenvalue weighted by Gasteiger charge is -2.24. The van der Waals surface area contributed by atoms with Gasteiger partial charge in [0, 0.05) is 12.6 Å². The van der Waals surface area contributed by atoms with E-state index in [9.17, 15) is 4.79 Å². The molecule has 0 spiro atoms. The third kappa shape index (κ3) is 3.69. The van der Waals surface area contributed by atoms with Crippen molar-refractivity contribution < 1.29 is 9.53 Å². The Morgan fingerprint density at radius 3 is 2.89 bits per heavy atom. The van der Waals surface area contributed by atoms with Crippen LogP contribution in [0.25, 0.3) is 0 Å². The van der Waals surface area contributed by atoms with Crippen LogP contribution in [0.3, 0.4) is 0 Å². The molecule has 4 heteroatoms. The van der Waals surface area contributed by atoms with Crippen LogP contribution in [0.1, 0.15) is 46.0 Å². The molecule has 0 aromatic heterocycles. The zero-order chi connectivity index (χ0) is 13.0. The third-order valence-electron chi connectivity index (χ3n) is 4.03. The van der Waals surface area contributed by atoms with Gasteiger partial charge in [0.2, 0.25) is 5.91 Å². The largest absolute Gasteiger partial charge is 0.377 e. The Labute approximate surface area is 110 Å². The van der Waals surface area contributed by atoms with Crippen LogP contribution in [0, 0.1) is 5.92 Å². The molecular weight excluding hydrogens is 228 g/mol. The SMILES string of the molecule is CC(C)OCCNC(=O)C1CC2CCCCC2N1. The Hall–Kier alpha value is -0.610. The average molecular weight is 254 g/mol. The highest BCUT2D eigenvalue weighted by molar-refractivity contribution is 5.82. The molecule has 0 radical (unpaired) electrons. The predicted molar refractivity (Wildman–Crippen MR) is 71.4 cm³/mol. The maximum atomic E-state index is 12.0. The van der Waals surface area contributed by atoms with Crippen LogP contribution in [-0.4, -0.2) is 37.2 Å². The minimum atomic E-state index is 0.0251. The summed E-state index contributed by atoms with van der Waals surface area (Å²) in [5.41, 5.74) is 0. The smallest absolute Gasteiger partial charge is 0.237 e. The monoisotopic (exact) mass is 254 g/mol. The van der Waals surface area contributed by atoms with Crippen LogP contribution in [0.5, 0.6) is 0 Å². The first-order valence-electron chi connectivity index (χ1n) is 7.32. The van der Waals surface area contributed by atoms with Crippen molar-refractivity contribution >= 4 is 5.91 Å². The first-order valence-corrected chi connectivity index (χ1v) is 7.32. The minimum Gasteiger partial charge on any atom is -0.377 e. The molecule has 2 N–H and O–H groups in total. The Balaban J connectivity index is 1.67. The van der Waals surface area contributed by atoms with Crippen LogP contribution in [-0.2, 0) is 9.53 Å². The van der Waals surface area contributed by atoms with Gasteiger partial charge in [-0.15, -0.1) is 0 Å². The summed E-state index contributed by atoms with van der Waals surface area (Å²) in [5.74, 6) is 0.873. The molecule has 2 rings (SSSR count). The molecular formula is C14H26N2O2. The van der Waals surface area contributed by atoms with E-state index >= 15 is 0 Å². The Kier molecular flexibility index (Phi) is 5.01. The number of rotatable bonds is 5. The molecule has 0 aromatic carbocycles. The van der Waals surface area contributed by atoms with Gasteiger partial charge in [-0.25, -0.2) is 0 Å². The first-order chi connectivity index (χ1) is 8.66. The van der Waals surface area contributed by atoms with Crippen molar-refractivity contribution in [1.82, 2.24) is 10.6 Å². The molecule has 4 nitrogen and oxygen atoms in total. The topological polar surface area (TPSA) is 50.4 Å². The van der Waals surface area contributed by atoms with Crippen molar-refractivity contribution in [2.45, 2.75) is 64.1 Å². The van der Waals surface area contributed by atoms with E-state index in [0.29, 0.717) is 19.2 Å². The molecule has 104 valence electrons. The second-order valence-electron chi connectivity index (χ2n) is 5.82. The van der Waals surface area contributed by atoms with Crippen molar-refractivity contribution in [2.24, 2.45) is 5.92 Å². The van der Waals surface area contributed by atoms with Gasteiger partial charge in [-0.3, -0.25) is 4.79 Å². The van der Waals surface area contributed by atoms with E-state index in [-0.39, 0.29) is 18.1 Å². The van der Waals surface area contributed by atoms with Crippen LogP contribution in [0.4, 0.5) is 0 Å². The standard InChI is InChI=1S/C14H26N2O2/c1-10(2)18-8-7-15-14(17)13-9-11-5-3-4-6-12(11)16-13/h10-13,16H,3-9H2,1-2H3,(H,15,17). The molecule has 3 unspecified atom stereocenters. The van der Waals surface area contributed by atoms with E-state index in [0.717, 1.165) is 12.3 Å². The number of nitrogens with one attached hydrogen (secondary N) is 2. The third-order valence-corrected chi connectivity index (χ3v) is 4.03. The predicted octanol–water partition coefficient (Wildman–Crippen LogP) is 1.45. The molecule has 18 heavy (non-hydrogen) atoms. The van der Waals surface area contributed by atoms with Gasteiger partial charge in [0.05, 0.1) is 18.8 Å². The zero-order valence-electron chi connectivity index (χ0n) is 11.6. The van der Waals surface area contributed by atoms with Crippen molar-refractivity contribution in [2.75, 3.05) is 13.2 Å². The van der Waals surface area contributed by atoms with Gasteiger partial charge in [0.15, 0.2) is 0 Å². The molecule has 1 aliphatic carbocycles. The molecule has 2 fully saturated rings. The number of carbonyl (C=O) groups excluding carboxylic acids is 1. The highest BCUT2D eigenvalue weighted by Crippen LogP contribution is 2.33. The number of hydrogen-bond donors (Lipinski definition) is 2. The van der Waals surface area contributed by atoms with Gasteiger partial charge in [0.1, 0.15) is 0 Å². The summed E-state index contributed by atoms with van der Waals surface area (Å²) in [6.07, 6.45) is 6.42. The van der Waals surface area contributed by atoms with E-state index < -0.39 is 0 Å². The average Bonchev–Trinajstić information content (AvgIpc) is 2.78. The molecule has 0 bridgehead atoms. The summed E-state index contributed by atoms with van der Waals surface area (Å²) in [5, 5.41) is 6.45. The molecule has 1 saturated heterocycles. The summed E-state index contributed by atoms with van der Waals surface area (Å²) in [7, 11) is 0. The van der Waals surface area contributed by atoms with Crippen LogP contribution < -0.4 is 10.6 Å². The van der Waals surface area contributed by atoms with Crippen molar-refractivity contribution in [3.63, 3.8) is 0 Å². The highest BCUT2D eigenvalue weighted by atomic mass is 16.5. The molecule has 1 saturated carbocycles. The molecule has 1 heterocycles. The Morgan fingerprint density at radius 1 is 1.39 bits per heavy atom. The maximum absolute atomic E-state index is 12.0. The maximum Gasteiger partial charge on any atom is 0.237 e. The highest BCUT2D eigenvalue weighted by Gasteiger charge is 2.37. The number of ether oxygens (including phenoxy) is 1. The van der Waals surface area contributed by atoms with E-state index in [1.165, 1.54) is 25.7 Å². The van der Waals surface area contributed by atoms with Crippen molar-refractivity contribution in [3.05, 3.63) is 0 Å². The van der Waals surface area contributed by atoms with Gasteiger partial charge in [-0.2, -0.15) is 0 Å². The Bertz CT molecular complexity index is 267. The van der Waals surface area contributed by atoms with Gasteiger partial charge < -0.3 is 15.4 Å². The van der Waals surface area contributed by atoms with Gasteiger partial charge in [-0.1, -0.05) is 12.8 Å². The fourth-order valence-electron chi connectivity index (χ4n) is 3.11. The molecule has 3 atom stereocenters. The number of hydrogen-bond acceptors (Lipinski definition) is 3. The fraction of sp³-hybridized carbons (Fsp3) is 0.929. The van der Waals surface area contributed by atoms with Gasteiger partial charge in [0.25, 0.3) is 0 Å². The summed E-state index contributed by atoms with van der Waals surface area (Å²) < 4.78 is 5.41. The summed E-state index contributed by atoms with van der Waals surface area (Å²) in [4.78, 5) is 12.0. The van der Waals surface area contributed by atoms with Crippen LogP contribution in [0.15, 0.2) is 0 Å². The molecule has 0 aromatic rings. The number of fused-ring (bicyclic) bond motifs is 1. The van der Waals surface area contributed by atoms with E-state index in [2.05, 4.69) is 10.6 Å². The van der Waals surface area contributed by atoms with E-state index in [1.54, 1.807) is 0 Å². The van der Waals surface area contributed by atoms with E-state index in [4.69, 9.17) is 4.74 Å². The normalized spacial score (nSPS) is 31.4. The van der Waals surface area contributed by atoms with Crippen LogP contribution in [0.2, 0.25) is 0 Å². The fourth-order valence-corrected chi connectivity index (χ4v) is 3.11. The quantitative estimate of drug-likeness (QED) is 0.730. The van der Waals surface area contributed by atoms with Gasteiger partial charge in [-0.05, 0) is 39.0 Å². The van der Waals surface area contributed by atoms with E-state index in [1.807, 2.05) is 13.8 Å². The second kappa shape index (κ2) is 6.53.